The molecule has 1 saturated heterocycles. The number of aromatic nitrogens is 1. The second kappa shape index (κ2) is 7.23. The summed E-state index contributed by atoms with van der Waals surface area (Å²) in [7, 11) is -3.92. The normalized spacial score (nSPS) is 20.8. The van der Waals surface area contributed by atoms with Crippen molar-refractivity contribution in [2.75, 3.05) is 13.1 Å². The van der Waals surface area contributed by atoms with Crippen LogP contribution in [-0.4, -0.2) is 43.1 Å². The Bertz CT molecular complexity index is 1100. The average molecular weight is 408 g/mol. The van der Waals surface area contributed by atoms with Gasteiger partial charge in [0.25, 0.3) is 0 Å². The predicted octanol–water partition coefficient (Wildman–Crippen LogP) is 3.20. The fourth-order valence-electron chi connectivity index (χ4n) is 3.14. The van der Waals surface area contributed by atoms with E-state index in [1.54, 1.807) is 6.07 Å². The number of benzene rings is 2. The molecule has 0 N–H and O–H groups in total. The second-order valence-electron chi connectivity index (χ2n) is 6.72. The molecule has 1 fully saturated rings. The number of ether oxygens (including phenoxy) is 1. The molecular formula is C19H18F2N2O4S. The molecule has 0 radical (unpaired) electrons. The van der Waals surface area contributed by atoms with E-state index in [0.717, 1.165) is 34.1 Å². The van der Waals surface area contributed by atoms with Crippen molar-refractivity contribution < 1.29 is 26.4 Å². The lowest BCUT2D eigenvalue weighted by atomic mass is 10.2. The van der Waals surface area contributed by atoms with Gasteiger partial charge in [0.15, 0.2) is 5.58 Å². The molecule has 148 valence electrons. The van der Waals surface area contributed by atoms with Gasteiger partial charge in [0, 0.05) is 13.1 Å². The third-order valence-electron chi connectivity index (χ3n) is 4.62. The third-order valence-corrected chi connectivity index (χ3v) is 6.47. The molecule has 1 aliphatic rings. The number of alkyl halides is 1. The van der Waals surface area contributed by atoms with Crippen LogP contribution in [0.5, 0.6) is 0 Å². The number of hydrogen-bond acceptors (Lipinski definition) is 5. The summed E-state index contributed by atoms with van der Waals surface area (Å²) in [5.74, 6) is -0.244. The monoisotopic (exact) mass is 408 g/mol. The number of aryl methyl sites for hydroxylation is 1. The molecule has 0 bridgehead atoms. The number of rotatable bonds is 5. The Morgan fingerprint density at radius 1 is 1.21 bits per heavy atom. The third kappa shape index (κ3) is 3.65. The summed E-state index contributed by atoms with van der Waals surface area (Å²) in [4.78, 5) is 4.21. The summed E-state index contributed by atoms with van der Waals surface area (Å²) in [5, 5.41) is 0. The van der Waals surface area contributed by atoms with Crippen molar-refractivity contribution in [3.05, 3.63) is 59.7 Å². The van der Waals surface area contributed by atoms with Gasteiger partial charge in [-0.25, -0.2) is 22.2 Å². The van der Waals surface area contributed by atoms with E-state index >= 15 is 0 Å². The van der Waals surface area contributed by atoms with Crippen LogP contribution < -0.4 is 0 Å². The van der Waals surface area contributed by atoms with Crippen LogP contribution in [-0.2, 0) is 21.4 Å². The maximum absolute atomic E-state index is 14.4. The highest BCUT2D eigenvalue weighted by molar-refractivity contribution is 7.89. The molecule has 0 spiro atoms. The van der Waals surface area contributed by atoms with Crippen LogP contribution in [0.3, 0.4) is 0 Å². The Kier molecular flexibility index (Phi) is 4.90. The van der Waals surface area contributed by atoms with Crippen molar-refractivity contribution in [2.24, 2.45) is 0 Å². The predicted molar refractivity (Wildman–Crippen MR) is 97.4 cm³/mol. The summed E-state index contributed by atoms with van der Waals surface area (Å²) < 4.78 is 64.7. The SMILES string of the molecule is Cc1ccc2oc(CO[C@H]3CN(S(=O)(=O)c4ccc(F)cc4)C[C@H]3F)nc2c1. The smallest absolute Gasteiger partial charge is 0.243 e. The first-order chi connectivity index (χ1) is 13.3. The minimum atomic E-state index is -3.92. The molecule has 1 aromatic heterocycles. The first-order valence-corrected chi connectivity index (χ1v) is 10.1. The van der Waals surface area contributed by atoms with E-state index in [1.807, 2.05) is 19.1 Å². The van der Waals surface area contributed by atoms with Gasteiger partial charge in [-0.1, -0.05) is 6.07 Å². The van der Waals surface area contributed by atoms with E-state index in [9.17, 15) is 17.2 Å². The standard InChI is InChI=1S/C19H18F2N2O4S/c1-12-2-7-17-16(8-12)22-19(27-17)11-26-18-10-23(9-15(18)21)28(24,25)14-5-3-13(20)4-6-14/h2-8,15,18H,9-11H2,1H3/t15-,18+/m1/s1. The van der Waals surface area contributed by atoms with Crippen LogP contribution in [0.25, 0.3) is 11.1 Å². The summed E-state index contributed by atoms with van der Waals surface area (Å²) in [6.45, 7) is 1.41. The number of fused-ring (bicyclic) bond motifs is 1. The highest BCUT2D eigenvalue weighted by Gasteiger charge is 2.40. The lowest BCUT2D eigenvalue weighted by Gasteiger charge is -2.16. The van der Waals surface area contributed by atoms with E-state index in [0.29, 0.717) is 17.0 Å². The molecule has 2 atom stereocenters. The number of hydrogen-bond donors (Lipinski definition) is 0. The van der Waals surface area contributed by atoms with Gasteiger partial charge in [0.05, 0.1) is 4.90 Å². The molecule has 28 heavy (non-hydrogen) atoms. The maximum Gasteiger partial charge on any atom is 0.243 e. The van der Waals surface area contributed by atoms with E-state index in [2.05, 4.69) is 4.98 Å². The number of sulfonamides is 1. The van der Waals surface area contributed by atoms with Gasteiger partial charge in [-0.05, 0) is 48.9 Å². The maximum atomic E-state index is 14.4. The Morgan fingerprint density at radius 3 is 2.71 bits per heavy atom. The molecule has 2 heterocycles. The zero-order chi connectivity index (χ0) is 19.9. The Labute approximate surface area is 160 Å². The first kappa shape index (κ1) is 19.0. The molecule has 4 rings (SSSR count). The van der Waals surface area contributed by atoms with Gasteiger partial charge < -0.3 is 9.15 Å². The number of halogens is 2. The van der Waals surface area contributed by atoms with E-state index in [-0.39, 0.29) is 24.6 Å². The average Bonchev–Trinajstić information content (AvgIpc) is 3.23. The molecule has 0 unspecified atom stereocenters. The zero-order valence-electron chi connectivity index (χ0n) is 15.0. The Balaban J connectivity index is 1.44. The Morgan fingerprint density at radius 2 is 1.96 bits per heavy atom. The molecule has 9 heteroatoms. The molecule has 3 aromatic rings. The highest BCUT2D eigenvalue weighted by Crippen LogP contribution is 2.26. The number of oxazole rings is 1. The van der Waals surface area contributed by atoms with E-state index < -0.39 is 28.1 Å². The molecule has 6 nitrogen and oxygen atoms in total. The summed E-state index contributed by atoms with van der Waals surface area (Å²) >= 11 is 0. The van der Waals surface area contributed by atoms with Crippen molar-refractivity contribution in [3.63, 3.8) is 0 Å². The summed E-state index contributed by atoms with van der Waals surface area (Å²) in [5.41, 5.74) is 2.32. The largest absolute Gasteiger partial charge is 0.438 e. The van der Waals surface area contributed by atoms with Gasteiger partial charge in [0.1, 0.15) is 30.2 Å². The van der Waals surface area contributed by atoms with Gasteiger partial charge in [-0.15, -0.1) is 0 Å². The van der Waals surface area contributed by atoms with Crippen LogP contribution in [0.15, 0.2) is 51.8 Å². The lowest BCUT2D eigenvalue weighted by molar-refractivity contribution is 0.00381. The molecule has 0 aliphatic carbocycles. The number of nitrogens with zero attached hydrogens (tertiary/aromatic N) is 2. The zero-order valence-corrected chi connectivity index (χ0v) is 15.8. The fraction of sp³-hybridized carbons (Fsp3) is 0.316. The van der Waals surface area contributed by atoms with E-state index in [4.69, 9.17) is 9.15 Å². The topological polar surface area (TPSA) is 72.6 Å². The fourth-order valence-corrected chi connectivity index (χ4v) is 4.60. The molecule has 0 amide bonds. The summed E-state index contributed by atoms with van der Waals surface area (Å²) in [6.07, 6.45) is -2.42. The molecule has 2 aromatic carbocycles. The van der Waals surface area contributed by atoms with Crippen LogP contribution >= 0.6 is 0 Å². The van der Waals surface area contributed by atoms with Crippen LogP contribution in [0.1, 0.15) is 11.5 Å². The van der Waals surface area contributed by atoms with Crippen molar-refractivity contribution in [2.45, 2.75) is 30.7 Å². The second-order valence-corrected chi connectivity index (χ2v) is 8.66. The first-order valence-electron chi connectivity index (χ1n) is 8.70. The van der Waals surface area contributed by atoms with Crippen LogP contribution in [0, 0.1) is 12.7 Å². The minimum Gasteiger partial charge on any atom is -0.438 e. The van der Waals surface area contributed by atoms with Crippen molar-refractivity contribution in [1.82, 2.24) is 9.29 Å². The van der Waals surface area contributed by atoms with Crippen LogP contribution in [0.4, 0.5) is 8.78 Å². The summed E-state index contributed by atoms with van der Waals surface area (Å²) in [6, 6.07) is 9.99. The molecular weight excluding hydrogens is 390 g/mol. The van der Waals surface area contributed by atoms with Gasteiger partial charge in [-0.3, -0.25) is 0 Å². The van der Waals surface area contributed by atoms with Gasteiger partial charge >= 0.3 is 0 Å². The highest BCUT2D eigenvalue weighted by atomic mass is 32.2. The molecule has 0 saturated carbocycles. The molecule has 1 aliphatic heterocycles. The van der Waals surface area contributed by atoms with Gasteiger partial charge in [-0.2, -0.15) is 4.31 Å². The Hall–Kier alpha value is -2.36. The van der Waals surface area contributed by atoms with Gasteiger partial charge in [0.2, 0.25) is 15.9 Å². The van der Waals surface area contributed by atoms with Crippen molar-refractivity contribution in [1.29, 1.82) is 0 Å². The quantitative estimate of drug-likeness (QED) is 0.648. The lowest BCUT2D eigenvalue weighted by Crippen LogP contribution is -2.30. The van der Waals surface area contributed by atoms with Crippen LogP contribution in [0.2, 0.25) is 0 Å². The minimum absolute atomic E-state index is 0.0662. The van der Waals surface area contributed by atoms with Crippen molar-refractivity contribution >= 4 is 21.1 Å². The van der Waals surface area contributed by atoms with Crippen molar-refractivity contribution in [3.8, 4) is 0 Å². The van der Waals surface area contributed by atoms with E-state index in [1.165, 1.54) is 0 Å².